The molecule has 0 saturated carbocycles. The van der Waals surface area contributed by atoms with Gasteiger partial charge in [0.25, 0.3) is 0 Å². The summed E-state index contributed by atoms with van der Waals surface area (Å²) in [6.07, 6.45) is -3.61. The van der Waals surface area contributed by atoms with E-state index in [4.69, 9.17) is 15.3 Å². The fourth-order valence-electron chi connectivity index (χ4n) is 0.850. The van der Waals surface area contributed by atoms with Gasteiger partial charge in [0.05, 0.1) is 12.9 Å². The van der Waals surface area contributed by atoms with Crippen molar-refractivity contribution in [3.63, 3.8) is 0 Å². The van der Waals surface area contributed by atoms with Gasteiger partial charge < -0.3 is 25.2 Å². The van der Waals surface area contributed by atoms with Crippen LogP contribution >= 0.6 is 0 Å². The smallest absolute Gasteiger partial charge is 0.201 e. The maximum atomic E-state index is 11.0. The molecule has 0 bridgehead atoms. The summed E-state index contributed by atoms with van der Waals surface area (Å²) in [6, 6.07) is 0. The lowest BCUT2D eigenvalue weighted by molar-refractivity contribution is -0.143. The summed E-state index contributed by atoms with van der Waals surface area (Å²) in [5.74, 6) is -0.801. The molecule has 4 N–H and O–H groups in total. The normalized spacial score (nSPS) is 16.9. The van der Waals surface area contributed by atoms with Gasteiger partial charge in [-0.2, -0.15) is 0 Å². The molecular weight excluding hydrogens is 192 g/mol. The minimum atomic E-state index is -1.60. The van der Waals surface area contributed by atoms with E-state index in [0.717, 1.165) is 6.26 Å². The Kier molecular flexibility index (Phi) is 6.06. The molecule has 0 radical (unpaired) electrons. The highest BCUT2D eigenvalue weighted by atomic mass is 16.5. The first-order valence-corrected chi connectivity index (χ1v) is 3.95. The second-order valence-electron chi connectivity index (χ2n) is 2.59. The first-order chi connectivity index (χ1) is 6.58. The second-order valence-corrected chi connectivity index (χ2v) is 2.59. The van der Waals surface area contributed by atoms with Crippen LogP contribution in [-0.4, -0.2) is 57.7 Å². The summed E-state index contributed by atoms with van der Waals surface area (Å²) >= 11 is 0. The molecule has 0 saturated heterocycles. The Labute approximate surface area is 81.1 Å². The van der Waals surface area contributed by atoms with Crippen LogP contribution in [0.5, 0.6) is 0 Å². The molecule has 0 unspecified atom stereocenters. The topological polar surface area (TPSA) is 107 Å². The number of hydrogen-bond donors (Lipinski definition) is 4. The summed E-state index contributed by atoms with van der Waals surface area (Å²) in [4.78, 5) is 11.0. The SMILES string of the molecule is C=CO[C@H](C(=O)CO)[C@H](O)[C@H](O)CO. The number of ketones is 1. The first kappa shape index (κ1) is 13.1. The zero-order chi connectivity index (χ0) is 11.1. The van der Waals surface area contributed by atoms with E-state index in [1.807, 2.05) is 0 Å². The zero-order valence-electron chi connectivity index (χ0n) is 7.54. The molecule has 0 spiro atoms. The average Bonchev–Trinajstić information content (AvgIpc) is 2.22. The Morgan fingerprint density at radius 2 is 2.00 bits per heavy atom. The second kappa shape index (κ2) is 6.50. The van der Waals surface area contributed by atoms with Gasteiger partial charge in [-0.05, 0) is 0 Å². The summed E-state index contributed by atoms with van der Waals surface area (Å²) < 4.78 is 4.61. The monoisotopic (exact) mass is 206 g/mol. The van der Waals surface area contributed by atoms with E-state index in [0.29, 0.717) is 0 Å². The van der Waals surface area contributed by atoms with Crippen molar-refractivity contribution < 1.29 is 30.0 Å². The number of aliphatic hydroxyl groups excluding tert-OH is 4. The molecule has 6 nitrogen and oxygen atoms in total. The predicted molar refractivity (Wildman–Crippen MR) is 46.3 cm³/mol. The zero-order valence-corrected chi connectivity index (χ0v) is 7.54. The fourth-order valence-corrected chi connectivity index (χ4v) is 0.850. The Hall–Kier alpha value is -0.950. The molecule has 0 aromatic carbocycles. The van der Waals surface area contributed by atoms with Crippen molar-refractivity contribution in [3.05, 3.63) is 12.8 Å². The molecule has 0 heterocycles. The fraction of sp³-hybridized carbons (Fsp3) is 0.625. The summed E-state index contributed by atoms with van der Waals surface area (Å²) in [7, 11) is 0. The van der Waals surface area contributed by atoms with Crippen molar-refractivity contribution in [1.82, 2.24) is 0 Å². The van der Waals surface area contributed by atoms with Crippen LogP contribution in [0.15, 0.2) is 12.8 Å². The molecule has 0 aromatic heterocycles. The number of rotatable bonds is 7. The highest BCUT2D eigenvalue weighted by molar-refractivity contribution is 5.84. The van der Waals surface area contributed by atoms with E-state index in [9.17, 15) is 9.90 Å². The van der Waals surface area contributed by atoms with Crippen LogP contribution in [0.25, 0.3) is 0 Å². The van der Waals surface area contributed by atoms with Gasteiger partial charge in [0.2, 0.25) is 5.78 Å². The van der Waals surface area contributed by atoms with Crippen LogP contribution in [0, 0.1) is 0 Å². The lowest BCUT2D eigenvalue weighted by Gasteiger charge is -2.23. The lowest BCUT2D eigenvalue weighted by atomic mass is 10.1. The number of carbonyl (C=O) groups excluding carboxylic acids is 1. The number of hydrogen-bond acceptors (Lipinski definition) is 6. The van der Waals surface area contributed by atoms with Crippen LogP contribution in [0.1, 0.15) is 0 Å². The third kappa shape index (κ3) is 3.43. The van der Waals surface area contributed by atoms with Gasteiger partial charge in [-0.3, -0.25) is 4.79 Å². The van der Waals surface area contributed by atoms with Gasteiger partial charge in [-0.1, -0.05) is 6.58 Å². The molecule has 3 atom stereocenters. The Bertz CT molecular complexity index is 192. The number of aliphatic hydroxyl groups is 4. The number of ether oxygens (including phenoxy) is 1. The van der Waals surface area contributed by atoms with Crippen LogP contribution in [0.4, 0.5) is 0 Å². The van der Waals surface area contributed by atoms with Crippen molar-refractivity contribution in [2.75, 3.05) is 13.2 Å². The quantitative estimate of drug-likeness (QED) is 0.352. The third-order valence-electron chi connectivity index (χ3n) is 1.61. The van der Waals surface area contributed by atoms with Gasteiger partial charge in [0.15, 0.2) is 6.10 Å². The Balaban J connectivity index is 4.46. The number of carbonyl (C=O) groups is 1. The van der Waals surface area contributed by atoms with E-state index in [2.05, 4.69) is 11.3 Å². The summed E-state index contributed by atoms with van der Waals surface area (Å²) in [6.45, 7) is 1.64. The van der Waals surface area contributed by atoms with Crippen molar-refractivity contribution in [3.8, 4) is 0 Å². The van der Waals surface area contributed by atoms with Crippen molar-refractivity contribution in [2.45, 2.75) is 18.3 Å². The molecule has 0 rings (SSSR count). The largest absolute Gasteiger partial charge is 0.488 e. The van der Waals surface area contributed by atoms with Crippen molar-refractivity contribution in [1.29, 1.82) is 0 Å². The lowest BCUT2D eigenvalue weighted by Crippen LogP contribution is -2.45. The minimum Gasteiger partial charge on any atom is -0.488 e. The molecule has 0 aliphatic rings. The molecular formula is C8H14O6. The standard InChI is InChI=1S/C8H14O6/c1-2-14-8(6(12)4-10)7(13)5(11)3-9/h2,5,7-11,13H,1,3-4H2/t5-,7-,8-/m1/s1. The minimum absolute atomic E-state index is 0.711. The van der Waals surface area contributed by atoms with Gasteiger partial charge in [0.1, 0.15) is 18.8 Å². The van der Waals surface area contributed by atoms with E-state index >= 15 is 0 Å². The predicted octanol–water partition coefficient (Wildman–Crippen LogP) is -2.21. The Morgan fingerprint density at radius 1 is 1.43 bits per heavy atom. The molecule has 0 amide bonds. The number of Topliss-reactive ketones (excluding diaryl/α,β-unsaturated/α-hetero) is 1. The first-order valence-electron chi connectivity index (χ1n) is 3.95. The van der Waals surface area contributed by atoms with Gasteiger partial charge >= 0.3 is 0 Å². The highest BCUT2D eigenvalue weighted by Crippen LogP contribution is 2.06. The van der Waals surface area contributed by atoms with E-state index < -0.39 is 37.3 Å². The van der Waals surface area contributed by atoms with Gasteiger partial charge in [0, 0.05) is 0 Å². The van der Waals surface area contributed by atoms with Crippen LogP contribution in [-0.2, 0) is 9.53 Å². The van der Waals surface area contributed by atoms with Crippen LogP contribution < -0.4 is 0 Å². The molecule has 82 valence electrons. The van der Waals surface area contributed by atoms with E-state index in [1.54, 1.807) is 0 Å². The molecule has 0 fully saturated rings. The third-order valence-corrected chi connectivity index (χ3v) is 1.61. The average molecular weight is 206 g/mol. The molecule has 14 heavy (non-hydrogen) atoms. The van der Waals surface area contributed by atoms with Crippen molar-refractivity contribution in [2.24, 2.45) is 0 Å². The van der Waals surface area contributed by atoms with E-state index in [1.165, 1.54) is 0 Å². The van der Waals surface area contributed by atoms with Crippen LogP contribution in [0.3, 0.4) is 0 Å². The highest BCUT2D eigenvalue weighted by Gasteiger charge is 2.32. The Morgan fingerprint density at radius 3 is 2.36 bits per heavy atom. The van der Waals surface area contributed by atoms with Gasteiger partial charge in [-0.25, -0.2) is 0 Å². The van der Waals surface area contributed by atoms with Crippen LogP contribution in [0.2, 0.25) is 0 Å². The van der Waals surface area contributed by atoms with Crippen molar-refractivity contribution >= 4 is 5.78 Å². The summed E-state index contributed by atoms with van der Waals surface area (Å²) in [5.41, 5.74) is 0. The molecule has 6 heteroatoms. The molecule has 0 aliphatic heterocycles. The molecule has 0 aromatic rings. The maximum Gasteiger partial charge on any atom is 0.201 e. The van der Waals surface area contributed by atoms with E-state index in [-0.39, 0.29) is 0 Å². The molecule has 0 aliphatic carbocycles. The summed E-state index contributed by atoms with van der Waals surface area (Å²) in [5, 5.41) is 35.3. The maximum absolute atomic E-state index is 11.0. The van der Waals surface area contributed by atoms with Gasteiger partial charge in [-0.15, -0.1) is 0 Å².